The quantitative estimate of drug-likeness (QED) is 0.753. The molecule has 1 rings (SSSR count). The molecule has 1 aromatic rings. The van der Waals surface area contributed by atoms with Gasteiger partial charge in [0.15, 0.2) is 5.69 Å². The fourth-order valence-electron chi connectivity index (χ4n) is 1.12. The van der Waals surface area contributed by atoms with Crippen molar-refractivity contribution < 1.29 is 13.5 Å². The summed E-state index contributed by atoms with van der Waals surface area (Å²) in [6, 6.07) is 2.90. The number of rotatable bonds is 3. The molecule has 0 aromatic carbocycles. The minimum Gasteiger partial charge on any atom is -0.496 e. The number of ether oxygens (including phenoxy) is 1. The molecule has 0 aliphatic carbocycles. The van der Waals surface area contributed by atoms with E-state index in [0.717, 1.165) is 0 Å². The Hall–Kier alpha value is -1.41. The molecule has 0 bridgehead atoms. The van der Waals surface area contributed by atoms with Crippen LogP contribution in [0.2, 0.25) is 0 Å². The van der Waals surface area contributed by atoms with Crippen LogP contribution in [0, 0.1) is 11.3 Å². The van der Waals surface area contributed by atoms with E-state index >= 15 is 0 Å². The summed E-state index contributed by atoms with van der Waals surface area (Å²) in [5.74, 6) is -0.0265. The van der Waals surface area contributed by atoms with Gasteiger partial charge in [-0.25, -0.2) is 13.8 Å². The van der Waals surface area contributed by atoms with Crippen molar-refractivity contribution in [2.24, 2.45) is 0 Å². The van der Waals surface area contributed by atoms with Crippen molar-refractivity contribution in [3.05, 3.63) is 23.0 Å². The van der Waals surface area contributed by atoms with E-state index in [1.54, 1.807) is 6.07 Å². The molecule has 1 aromatic heterocycles. The lowest BCUT2D eigenvalue weighted by molar-refractivity contribution is 0.146. The minimum absolute atomic E-state index is 0.0363. The summed E-state index contributed by atoms with van der Waals surface area (Å²) in [7, 11) is 1.25. The van der Waals surface area contributed by atoms with Gasteiger partial charge in [-0.05, 0) is 0 Å². The zero-order chi connectivity index (χ0) is 11.4. The van der Waals surface area contributed by atoms with Crippen molar-refractivity contribution in [3.8, 4) is 11.8 Å². The van der Waals surface area contributed by atoms with Crippen LogP contribution in [0.1, 0.15) is 23.4 Å². The van der Waals surface area contributed by atoms with Crippen LogP contribution in [0.25, 0.3) is 0 Å². The second kappa shape index (κ2) is 4.89. The summed E-state index contributed by atoms with van der Waals surface area (Å²) in [6.45, 7) is 0. The number of nitrogens with zero attached hydrogens (tertiary/aromatic N) is 2. The molecular weight excluding hydrogens is 226 g/mol. The van der Waals surface area contributed by atoms with Gasteiger partial charge in [0.1, 0.15) is 11.8 Å². The number of methoxy groups -OCH3 is 1. The van der Waals surface area contributed by atoms with E-state index in [4.69, 9.17) is 21.6 Å². The largest absolute Gasteiger partial charge is 0.496 e. The van der Waals surface area contributed by atoms with Crippen molar-refractivity contribution in [3.63, 3.8) is 0 Å². The Morgan fingerprint density at radius 1 is 1.67 bits per heavy atom. The highest BCUT2D eigenvalue weighted by molar-refractivity contribution is 6.16. The Bertz CT molecular complexity index is 404. The summed E-state index contributed by atoms with van der Waals surface area (Å²) in [5.41, 5.74) is -0.511. The monoisotopic (exact) mass is 232 g/mol. The molecule has 6 heteroatoms. The average molecular weight is 233 g/mol. The maximum Gasteiger partial charge on any atom is 0.270 e. The average Bonchev–Trinajstić information content (AvgIpc) is 2.26. The fraction of sp³-hybridized carbons (Fsp3) is 0.333. The molecule has 0 amide bonds. The molecule has 1 heterocycles. The first kappa shape index (κ1) is 11.7. The molecule has 0 atom stereocenters. The summed E-state index contributed by atoms with van der Waals surface area (Å²) in [6.07, 6.45) is -2.80. The van der Waals surface area contributed by atoms with E-state index in [1.807, 2.05) is 0 Å². The van der Waals surface area contributed by atoms with Crippen molar-refractivity contribution in [2.75, 3.05) is 7.11 Å². The third kappa shape index (κ3) is 2.34. The Morgan fingerprint density at radius 2 is 2.33 bits per heavy atom. The molecule has 0 radical (unpaired) electrons. The molecule has 3 nitrogen and oxygen atoms in total. The van der Waals surface area contributed by atoms with Crippen LogP contribution in [-0.2, 0) is 5.88 Å². The molecule has 0 aliphatic rings. The predicted molar refractivity (Wildman–Crippen MR) is 50.0 cm³/mol. The zero-order valence-electron chi connectivity index (χ0n) is 7.80. The number of nitriles is 1. The van der Waals surface area contributed by atoms with Gasteiger partial charge in [-0.1, -0.05) is 0 Å². The van der Waals surface area contributed by atoms with Gasteiger partial charge in [0, 0.05) is 6.07 Å². The number of alkyl halides is 3. The van der Waals surface area contributed by atoms with E-state index in [-0.39, 0.29) is 17.3 Å². The first-order valence-electron chi connectivity index (χ1n) is 3.96. The molecule has 0 fully saturated rings. The molecule has 0 aliphatic heterocycles. The minimum atomic E-state index is -2.80. The predicted octanol–water partition coefficient (Wildman–Crippen LogP) is 2.64. The van der Waals surface area contributed by atoms with E-state index in [0.29, 0.717) is 5.69 Å². The van der Waals surface area contributed by atoms with Crippen LogP contribution in [0.3, 0.4) is 0 Å². The Balaban J connectivity index is 3.41. The Labute approximate surface area is 90.3 Å². The van der Waals surface area contributed by atoms with Crippen molar-refractivity contribution in [1.29, 1.82) is 5.26 Å². The smallest absolute Gasteiger partial charge is 0.270 e. The summed E-state index contributed by atoms with van der Waals surface area (Å²) in [4.78, 5) is 3.69. The lowest BCUT2D eigenvalue weighted by atomic mass is 10.1. The zero-order valence-corrected chi connectivity index (χ0v) is 8.55. The SMILES string of the molecule is COc1cc(CCl)nc(C#N)c1C(F)F. The van der Waals surface area contributed by atoms with Crippen LogP contribution in [0.4, 0.5) is 8.78 Å². The second-order valence-electron chi connectivity index (χ2n) is 2.62. The highest BCUT2D eigenvalue weighted by Crippen LogP contribution is 2.31. The molecule has 15 heavy (non-hydrogen) atoms. The van der Waals surface area contributed by atoms with Gasteiger partial charge < -0.3 is 4.74 Å². The van der Waals surface area contributed by atoms with Gasteiger partial charge in [0.25, 0.3) is 6.43 Å². The van der Waals surface area contributed by atoms with Gasteiger partial charge in [0.2, 0.25) is 0 Å². The molecule has 0 spiro atoms. The van der Waals surface area contributed by atoms with Crippen molar-refractivity contribution in [2.45, 2.75) is 12.3 Å². The Morgan fingerprint density at radius 3 is 2.73 bits per heavy atom. The van der Waals surface area contributed by atoms with Gasteiger partial charge in [-0.2, -0.15) is 5.26 Å². The van der Waals surface area contributed by atoms with E-state index < -0.39 is 12.0 Å². The summed E-state index contributed by atoms with van der Waals surface area (Å²) >= 11 is 5.50. The standard InChI is InChI=1S/C9H7ClF2N2O/c1-15-7-2-5(3-10)14-6(4-13)8(7)9(11)12/h2,9H,3H2,1H3. The normalized spacial score (nSPS) is 10.1. The van der Waals surface area contributed by atoms with E-state index in [9.17, 15) is 8.78 Å². The lowest BCUT2D eigenvalue weighted by Crippen LogP contribution is -2.02. The van der Waals surface area contributed by atoms with Crippen LogP contribution in [-0.4, -0.2) is 12.1 Å². The van der Waals surface area contributed by atoms with Crippen molar-refractivity contribution >= 4 is 11.6 Å². The highest BCUT2D eigenvalue weighted by atomic mass is 35.5. The molecular formula is C9H7ClF2N2O. The summed E-state index contributed by atoms with van der Waals surface area (Å²) in [5, 5.41) is 8.66. The molecule has 0 N–H and O–H groups in total. The molecule has 80 valence electrons. The van der Waals surface area contributed by atoms with Crippen LogP contribution >= 0.6 is 11.6 Å². The van der Waals surface area contributed by atoms with Gasteiger partial charge in [-0.15, -0.1) is 11.6 Å². The fourth-order valence-corrected chi connectivity index (χ4v) is 1.25. The highest BCUT2D eigenvalue weighted by Gasteiger charge is 2.21. The van der Waals surface area contributed by atoms with Gasteiger partial charge >= 0.3 is 0 Å². The molecule has 0 unspecified atom stereocenters. The number of halogens is 3. The van der Waals surface area contributed by atoms with Crippen LogP contribution < -0.4 is 4.74 Å². The first-order valence-corrected chi connectivity index (χ1v) is 4.49. The summed E-state index contributed by atoms with van der Waals surface area (Å²) < 4.78 is 29.9. The number of hydrogen-bond donors (Lipinski definition) is 0. The third-order valence-corrected chi connectivity index (χ3v) is 2.03. The maximum absolute atomic E-state index is 12.6. The van der Waals surface area contributed by atoms with Crippen molar-refractivity contribution in [1.82, 2.24) is 4.98 Å². The Kier molecular flexibility index (Phi) is 3.81. The molecule has 0 saturated carbocycles. The number of hydrogen-bond acceptors (Lipinski definition) is 3. The number of aromatic nitrogens is 1. The molecule has 0 saturated heterocycles. The first-order chi connectivity index (χ1) is 7.13. The second-order valence-corrected chi connectivity index (χ2v) is 2.89. The van der Waals surface area contributed by atoms with Gasteiger partial charge in [-0.3, -0.25) is 0 Å². The topological polar surface area (TPSA) is 45.9 Å². The lowest BCUT2D eigenvalue weighted by Gasteiger charge is -2.10. The third-order valence-electron chi connectivity index (χ3n) is 1.75. The maximum atomic E-state index is 12.6. The van der Waals surface area contributed by atoms with Crippen LogP contribution in [0.15, 0.2) is 6.07 Å². The van der Waals surface area contributed by atoms with Gasteiger partial charge in [0.05, 0.1) is 24.2 Å². The van der Waals surface area contributed by atoms with Crippen LogP contribution in [0.5, 0.6) is 5.75 Å². The van der Waals surface area contributed by atoms with E-state index in [1.165, 1.54) is 13.2 Å². The number of pyridine rings is 1. The van der Waals surface area contributed by atoms with E-state index in [2.05, 4.69) is 4.98 Å².